The van der Waals surface area contributed by atoms with Crippen LogP contribution < -0.4 is 5.56 Å². The molecule has 0 unspecified atom stereocenters. The monoisotopic (exact) mass is 356 g/mol. The number of aromatic amines is 1. The number of carbonyl (C=O) groups excluding carboxylic acids is 1. The average Bonchev–Trinajstić information content (AvgIpc) is 3.15. The van der Waals surface area contributed by atoms with Gasteiger partial charge in [0, 0.05) is 17.6 Å². The lowest BCUT2D eigenvalue weighted by Crippen LogP contribution is -2.34. The number of aliphatic hydroxyl groups is 1. The van der Waals surface area contributed by atoms with Crippen molar-refractivity contribution in [2.24, 2.45) is 0 Å². The van der Waals surface area contributed by atoms with E-state index in [1.807, 2.05) is 35.7 Å². The van der Waals surface area contributed by atoms with Gasteiger partial charge in [-0.05, 0) is 47.0 Å². The Labute approximate surface area is 149 Å². The number of aryl methyl sites for hydroxylation is 1. The Kier molecular flexibility index (Phi) is 5.31. The molecule has 0 atom stereocenters. The molecule has 130 valence electrons. The zero-order chi connectivity index (χ0) is 17.8. The first-order valence-electron chi connectivity index (χ1n) is 8.21. The zero-order valence-corrected chi connectivity index (χ0v) is 14.8. The van der Waals surface area contributed by atoms with Crippen LogP contribution in [0, 0.1) is 0 Å². The molecule has 0 aliphatic heterocycles. The molecule has 2 aromatic heterocycles. The van der Waals surface area contributed by atoms with Gasteiger partial charge in [0.25, 0.3) is 11.5 Å². The first-order chi connectivity index (χ1) is 12.1. The third-order valence-corrected chi connectivity index (χ3v) is 5.00. The van der Waals surface area contributed by atoms with Crippen LogP contribution in [0.5, 0.6) is 0 Å². The van der Waals surface area contributed by atoms with Crippen molar-refractivity contribution in [3.8, 4) is 0 Å². The molecule has 1 amide bonds. The number of nitrogens with one attached hydrogen (secondary N) is 1. The maximum atomic E-state index is 12.6. The fourth-order valence-electron chi connectivity index (χ4n) is 2.77. The Bertz CT molecular complexity index is 931. The number of amides is 1. The largest absolute Gasteiger partial charge is 0.395 e. The zero-order valence-electron chi connectivity index (χ0n) is 14.0. The van der Waals surface area contributed by atoms with E-state index in [2.05, 4.69) is 11.9 Å². The smallest absolute Gasteiger partial charge is 0.264 e. The van der Waals surface area contributed by atoms with Crippen molar-refractivity contribution in [2.45, 2.75) is 19.9 Å². The highest BCUT2D eigenvalue weighted by atomic mass is 32.1. The van der Waals surface area contributed by atoms with Gasteiger partial charge in [-0.1, -0.05) is 19.1 Å². The topological polar surface area (TPSA) is 73.4 Å². The Hall–Kier alpha value is -2.44. The van der Waals surface area contributed by atoms with Gasteiger partial charge in [-0.3, -0.25) is 9.59 Å². The van der Waals surface area contributed by atoms with Crippen LogP contribution in [0.15, 0.2) is 46.6 Å². The van der Waals surface area contributed by atoms with Crippen LogP contribution in [0.25, 0.3) is 10.9 Å². The summed E-state index contributed by atoms with van der Waals surface area (Å²) in [5, 5.41) is 12.1. The fourth-order valence-corrected chi connectivity index (χ4v) is 3.46. The van der Waals surface area contributed by atoms with Gasteiger partial charge in [0.1, 0.15) is 0 Å². The number of pyridine rings is 1. The Morgan fingerprint density at radius 2 is 2.12 bits per heavy atom. The summed E-state index contributed by atoms with van der Waals surface area (Å²) in [6, 6.07) is 11.3. The number of rotatable bonds is 6. The third kappa shape index (κ3) is 3.81. The lowest BCUT2D eigenvalue weighted by atomic mass is 10.1. The minimum Gasteiger partial charge on any atom is -0.395 e. The number of hydrogen-bond donors (Lipinski definition) is 2. The molecule has 6 heteroatoms. The van der Waals surface area contributed by atoms with Gasteiger partial charge in [0.05, 0.1) is 18.0 Å². The highest BCUT2D eigenvalue weighted by Crippen LogP contribution is 2.17. The average molecular weight is 356 g/mol. The number of fused-ring (bicyclic) bond motifs is 1. The van der Waals surface area contributed by atoms with Crippen LogP contribution >= 0.6 is 11.3 Å². The number of thiophene rings is 1. The number of hydrogen-bond acceptors (Lipinski definition) is 4. The summed E-state index contributed by atoms with van der Waals surface area (Å²) in [4.78, 5) is 30.0. The molecule has 2 heterocycles. The van der Waals surface area contributed by atoms with Gasteiger partial charge < -0.3 is 15.0 Å². The second-order valence-electron chi connectivity index (χ2n) is 5.83. The van der Waals surface area contributed by atoms with Crippen molar-refractivity contribution in [3.63, 3.8) is 0 Å². The normalized spacial score (nSPS) is 11.0. The van der Waals surface area contributed by atoms with E-state index in [1.165, 1.54) is 21.8 Å². The van der Waals surface area contributed by atoms with Gasteiger partial charge in [-0.25, -0.2) is 0 Å². The number of aromatic nitrogens is 1. The van der Waals surface area contributed by atoms with Crippen LogP contribution in [0.2, 0.25) is 0 Å². The molecule has 0 saturated heterocycles. The first-order valence-corrected chi connectivity index (χ1v) is 9.08. The summed E-state index contributed by atoms with van der Waals surface area (Å²) in [5.41, 5.74) is 2.27. The molecule has 1 aromatic carbocycles. The Balaban J connectivity index is 1.94. The quantitative estimate of drug-likeness (QED) is 0.713. The molecule has 0 fully saturated rings. The number of aliphatic hydroxyl groups excluding tert-OH is 1. The van der Waals surface area contributed by atoms with E-state index in [0.29, 0.717) is 10.4 Å². The molecular formula is C19H20N2O3S. The van der Waals surface area contributed by atoms with Crippen molar-refractivity contribution >= 4 is 28.1 Å². The van der Waals surface area contributed by atoms with Gasteiger partial charge in [-0.2, -0.15) is 0 Å². The molecule has 2 N–H and O–H groups in total. The van der Waals surface area contributed by atoms with E-state index in [-0.39, 0.29) is 31.2 Å². The van der Waals surface area contributed by atoms with Gasteiger partial charge in [0.15, 0.2) is 0 Å². The number of carbonyl (C=O) groups is 1. The van der Waals surface area contributed by atoms with Crippen LogP contribution in [-0.4, -0.2) is 34.0 Å². The van der Waals surface area contributed by atoms with Crippen molar-refractivity contribution in [1.29, 1.82) is 0 Å². The summed E-state index contributed by atoms with van der Waals surface area (Å²) >= 11 is 1.35. The van der Waals surface area contributed by atoms with Gasteiger partial charge in [0.2, 0.25) is 0 Å². The number of H-pyrrole nitrogens is 1. The minimum absolute atomic E-state index is 0.150. The first kappa shape index (κ1) is 17.4. The standard InChI is InChI=1S/C19H20N2O3S/c1-2-13-5-6-16-14(10-13)11-15(18(23)20-16)12-21(7-8-22)19(24)17-4-3-9-25-17/h3-6,9-11,22H,2,7-8,12H2,1H3,(H,20,23). The van der Waals surface area contributed by atoms with Crippen LogP contribution in [0.1, 0.15) is 27.7 Å². The molecule has 0 spiro atoms. The molecule has 3 rings (SSSR count). The summed E-state index contributed by atoms with van der Waals surface area (Å²) in [5.74, 6) is -0.175. The molecule has 0 radical (unpaired) electrons. The van der Waals surface area contributed by atoms with Gasteiger partial charge >= 0.3 is 0 Å². The molecule has 3 aromatic rings. The molecule has 0 aliphatic carbocycles. The molecule has 0 aliphatic rings. The van der Waals surface area contributed by atoms with Crippen LogP contribution in [0.3, 0.4) is 0 Å². The molecular weight excluding hydrogens is 336 g/mol. The van der Waals surface area contributed by atoms with Crippen LogP contribution in [0.4, 0.5) is 0 Å². The van der Waals surface area contributed by atoms with Crippen molar-refractivity contribution < 1.29 is 9.90 Å². The van der Waals surface area contributed by atoms with E-state index < -0.39 is 0 Å². The highest BCUT2D eigenvalue weighted by molar-refractivity contribution is 7.12. The predicted molar refractivity (Wildman–Crippen MR) is 100 cm³/mol. The second-order valence-corrected chi connectivity index (χ2v) is 6.77. The molecule has 5 nitrogen and oxygen atoms in total. The molecule has 0 bridgehead atoms. The fraction of sp³-hybridized carbons (Fsp3) is 0.263. The number of nitrogens with zero attached hydrogens (tertiary/aromatic N) is 1. The van der Waals surface area contributed by atoms with Crippen molar-refractivity contribution in [1.82, 2.24) is 9.88 Å². The van der Waals surface area contributed by atoms with Crippen molar-refractivity contribution in [2.75, 3.05) is 13.2 Å². The summed E-state index contributed by atoms with van der Waals surface area (Å²) < 4.78 is 0. The third-order valence-electron chi connectivity index (χ3n) is 4.14. The Morgan fingerprint density at radius 3 is 2.80 bits per heavy atom. The van der Waals surface area contributed by atoms with Crippen molar-refractivity contribution in [3.05, 3.63) is 68.1 Å². The maximum absolute atomic E-state index is 12.6. The van der Waals surface area contributed by atoms with Crippen LogP contribution in [-0.2, 0) is 13.0 Å². The minimum atomic E-state index is -0.210. The lowest BCUT2D eigenvalue weighted by Gasteiger charge is -2.21. The molecule has 25 heavy (non-hydrogen) atoms. The summed E-state index contributed by atoms with van der Waals surface area (Å²) in [6.07, 6.45) is 0.915. The second kappa shape index (κ2) is 7.63. The van der Waals surface area contributed by atoms with E-state index in [0.717, 1.165) is 17.3 Å². The molecule has 0 saturated carbocycles. The predicted octanol–water partition coefficient (Wildman–Crippen LogP) is 2.79. The Morgan fingerprint density at radius 1 is 1.28 bits per heavy atom. The van der Waals surface area contributed by atoms with Gasteiger partial charge in [-0.15, -0.1) is 11.3 Å². The summed E-state index contributed by atoms with van der Waals surface area (Å²) in [7, 11) is 0. The number of benzene rings is 1. The lowest BCUT2D eigenvalue weighted by molar-refractivity contribution is 0.0712. The van der Waals surface area contributed by atoms with E-state index >= 15 is 0 Å². The van der Waals surface area contributed by atoms with E-state index in [9.17, 15) is 14.7 Å². The SMILES string of the molecule is CCc1ccc2[nH]c(=O)c(CN(CCO)C(=O)c3cccs3)cc2c1. The highest BCUT2D eigenvalue weighted by Gasteiger charge is 2.18. The maximum Gasteiger partial charge on any atom is 0.264 e. The van der Waals surface area contributed by atoms with E-state index in [1.54, 1.807) is 6.07 Å². The van der Waals surface area contributed by atoms with E-state index in [4.69, 9.17) is 0 Å². The summed E-state index contributed by atoms with van der Waals surface area (Å²) in [6.45, 7) is 2.28.